The van der Waals surface area contributed by atoms with Gasteiger partial charge in [0.15, 0.2) is 5.17 Å². The van der Waals surface area contributed by atoms with E-state index < -0.39 is 11.9 Å². The van der Waals surface area contributed by atoms with E-state index in [2.05, 4.69) is 9.73 Å². The van der Waals surface area contributed by atoms with Gasteiger partial charge in [-0.05, 0) is 55.1 Å². The molecule has 1 aromatic carbocycles. The maximum absolute atomic E-state index is 12.7. The van der Waals surface area contributed by atoms with Gasteiger partial charge in [0.05, 0.1) is 42.7 Å². The molecule has 0 spiro atoms. The van der Waals surface area contributed by atoms with Gasteiger partial charge in [0.25, 0.3) is 5.91 Å². The molecule has 1 saturated heterocycles. The molecular weight excluding hydrogens is 396 g/mol. The van der Waals surface area contributed by atoms with Gasteiger partial charge in [-0.1, -0.05) is 0 Å². The third-order valence-electron chi connectivity index (χ3n) is 3.84. The molecule has 1 aliphatic rings. The van der Waals surface area contributed by atoms with Crippen LogP contribution in [0.1, 0.15) is 23.0 Å². The number of benzene rings is 1. The number of carbonyl (C=O) groups excluding carboxylic acids is 3. The molecule has 2 heterocycles. The number of hydrogen-bond donors (Lipinski definition) is 0. The summed E-state index contributed by atoms with van der Waals surface area (Å²) in [4.78, 5) is 42.2. The maximum atomic E-state index is 12.7. The molecule has 29 heavy (non-hydrogen) atoms. The lowest BCUT2D eigenvalue weighted by Crippen LogP contribution is -2.28. The number of rotatable bonds is 6. The lowest BCUT2D eigenvalue weighted by atomic mass is 10.2. The number of hydrogen-bond acceptors (Lipinski definition) is 8. The van der Waals surface area contributed by atoms with Crippen LogP contribution in [-0.2, 0) is 25.6 Å². The average Bonchev–Trinajstić information content (AvgIpc) is 3.33. The number of methoxy groups -OCH3 is 1. The number of thioether (sulfide) groups is 1. The standard InChI is InChI=1S/C20H18N2O6S/c1-3-27-19(25)13-6-8-14(9-7-13)21-20-22(12-15-5-4-10-28-15)18(24)16(29-20)11-17(23)26-2/h4-11H,3,12H2,1-2H3/b16-11+,21-20?. The highest BCUT2D eigenvalue weighted by Gasteiger charge is 2.34. The van der Waals surface area contributed by atoms with Gasteiger partial charge in [0.1, 0.15) is 5.76 Å². The van der Waals surface area contributed by atoms with Crippen LogP contribution in [0.15, 0.2) is 63.1 Å². The van der Waals surface area contributed by atoms with E-state index in [4.69, 9.17) is 9.15 Å². The van der Waals surface area contributed by atoms with Crippen molar-refractivity contribution in [3.8, 4) is 0 Å². The molecular formula is C20H18N2O6S. The van der Waals surface area contributed by atoms with E-state index in [9.17, 15) is 14.4 Å². The van der Waals surface area contributed by atoms with Crippen LogP contribution in [0.5, 0.6) is 0 Å². The number of furan rings is 1. The first-order valence-corrected chi connectivity index (χ1v) is 9.51. The molecule has 0 aliphatic carbocycles. The van der Waals surface area contributed by atoms with Gasteiger partial charge in [-0.25, -0.2) is 14.6 Å². The van der Waals surface area contributed by atoms with Crippen molar-refractivity contribution in [3.63, 3.8) is 0 Å². The minimum Gasteiger partial charge on any atom is -0.467 e. The van der Waals surface area contributed by atoms with Crippen molar-refractivity contribution < 1.29 is 28.3 Å². The molecule has 8 nitrogen and oxygen atoms in total. The highest BCUT2D eigenvalue weighted by Crippen LogP contribution is 2.34. The molecule has 0 atom stereocenters. The highest BCUT2D eigenvalue weighted by atomic mass is 32.2. The van der Waals surface area contributed by atoms with Crippen molar-refractivity contribution in [3.05, 3.63) is 65.0 Å². The van der Waals surface area contributed by atoms with Gasteiger partial charge in [-0.15, -0.1) is 0 Å². The third-order valence-corrected chi connectivity index (χ3v) is 4.84. The Hall–Kier alpha value is -3.33. The summed E-state index contributed by atoms with van der Waals surface area (Å²) in [6.07, 6.45) is 2.65. The smallest absolute Gasteiger partial charge is 0.338 e. The summed E-state index contributed by atoms with van der Waals surface area (Å²) >= 11 is 1.06. The molecule has 3 rings (SSSR count). The number of nitrogens with zero attached hydrogens (tertiary/aromatic N) is 2. The van der Waals surface area contributed by atoms with Gasteiger partial charge in [0, 0.05) is 6.08 Å². The molecule has 0 bridgehead atoms. The Labute approximate surface area is 171 Å². The Morgan fingerprint density at radius 1 is 1.24 bits per heavy atom. The summed E-state index contributed by atoms with van der Waals surface area (Å²) in [6, 6.07) is 9.96. The summed E-state index contributed by atoms with van der Waals surface area (Å²) in [5.41, 5.74) is 0.946. The number of aliphatic imine (C=N–C) groups is 1. The van der Waals surface area contributed by atoms with Crippen molar-refractivity contribution in [2.24, 2.45) is 4.99 Å². The van der Waals surface area contributed by atoms with Crippen molar-refractivity contribution in [2.75, 3.05) is 13.7 Å². The second-order valence-electron chi connectivity index (χ2n) is 5.77. The zero-order valence-corrected chi connectivity index (χ0v) is 16.6. The van der Waals surface area contributed by atoms with Crippen LogP contribution in [0.25, 0.3) is 0 Å². The molecule has 1 fully saturated rings. The highest BCUT2D eigenvalue weighted by molar-refractivity contribution is 8.18. The number of ether oxygens (including phenoxy) is 2. The van der Waals surface area contributed by atoms with Crippen LogP contribution < -0.4 is 0 Å². The lowest BCUT2D eigenvalue weighted by Gasteiger charge is -2.13. The summed E-state index contributed by atoms with van der Waals surface area (Å²) in [5, 5.41) is 0.380. The quantitative estimate of drug-likeness (QED) is 0.528. The monoisotopic (exact) mass is 414 g/mol. The summed E-state index contributed by atoms with van der Waals surface area (Å²) in [5.74, 6) is -0.846. The number of esters is 2. The van der Waals surface area contributed by atoms with E-state index in [-0.39, 0.29) is 17.4 Å². The molecule has 0 N–H and O–H groups in total. The number of amidine groups is 1. The molecule has 0 saturated carbocycles. The molecule has 150 valence electrons. The van der Waals surface area contributed by atoms with E-state index in [1.54, 1.807) is 43.3 Å². The molecule has 1 amide bonds. The van der Waals surface area contributed by atoms with Crippen LogP contribution >= 0.6 is 11.8 Å². The second kappa shape index (κ2) is 9.24. The summed E-state index contributed by atoms with van der Waals surface area (Å²) in [7, 11) is 1.24. The van der Waals surface area contributed by atoms with Crippen LogP contribution in [0.3, 0.4) is 0 Å². The van der Waals surface area contributed by atoms with Gasteiger partial charge in [-0.2, -0.15) is 0 Å². The largest absolute Gasteiger partial charge is 0.467 e. The third kappa shape index (κ3) is 4.94. The molecule has 1 aromatic heterocycles. The van der Waals surface area contributed by atoms with Crippen molar-refractivity contribution in [1.82, 2.24) is 4.90 Å². The number of carbonyl (C=O) groups is 3. The van der Waals surface area contributed by atoms with Crippen LogP contribution in [0.4, 0.5) is 5.69 Å². The SMILES string of the molecule is CCOC(=O)c1ccc(N=C2S/C(=C/C(=O)OC)C(=O)N2Cc2ccco2)cc1. The lowest BCUT2D eigenvalue weighted by molar-refractivity contribution is -0.135. The molecule has 9 heteroatoms. The molecule has 1 aliphatic heterocycles. The molecule has 0 unspecified atom stereocenters. The summed E-state index contributed by atoms with van der Waals surface area (Å²) < 4.78 is 14.9. The van der Waals surface area contributed by atoms with Crippen LogP contribution in [-0.4, -0.2) is 41.6 Å². The fourth-order valence-electron chi connectivity index (χ4n) is 2.45. The Balaban J connectivity index is 1.89. The van der Waals surface area contributed by atoms with E-state index in [1.807, 2.05) is 0 Å². The Bertz CT molecular complexity index is 963. The zero-order valence-electron chi connectivity index (χ0n) is 15.8. The average molecular weight is 414 g/mol. The topological polar surface area (TPSA) is 98.4 Å². The number of amides is 1. The normalized spacial score (nSPS) is 16.5. The van der Waals surface area contributed by atoms with Crippen LogP contribution in [0.2, 0.25) is 0 Å². The Morgan fingerprint density at radius 2 is 2.00 bits per heavy atom. The van der Waals surface area contributed by atoms with Crippen LogP contribution in [0, 0.1) is 0 Å². The molecule has 0 radical (unpaired) electrons. The minimum atomic E-state index is -0.626. The minimum absolute atomic E-state index is 0.164. The fraction of sp³-hybridized carbons (Fsp3) is 0.200. The zero-order chi connectivity index (χ0) is 20.8. The maximum Gasteiger partial charge on any atom is 0.338 e. The predicted molar refractivity (Wildman–Crippen MR) is 106 cm³/mol. The van der Waals surface area contributed by atoms with E-state index >= 15 is 0 Å². The van der Waals surface area contributed by atoms with Crippen molar-refractivity contribution >= 4 is 40.5 Å². The van der Waals surface area contributed by atoms with E-state index in [0.29, 0.717) is 28.8 Å². The van der Waals surface area contributed by atoms with E-state index in [1.165, 1.54) is 18.3 Å². The van der Waals surface area contributed by atoms with E-state index in [0.717, 1.165) is 17.8 Å². The fourth-order valence-corrected chi connectivity index (χ4v) is 3.41. The van der Waals surface area contributed by atoms with Crippen molar-refractivity contribution in [1.29, 1.82) is 0 Å². The van der Waals surface area contributed by atoms with Gasteiger partial charge >= 0.3 is 11.9 Å². The van der Waals surface area contributed by atoms with Gasteiger partial charge < -0.3 is 13.9 Å². The molecule has 2 aromatic rings. The second-order valence-corrected chi connectivity index (χ2v) is 6.78. The van der Waals surface area contributed by atoms with Crippen molar-refractivity contribution in [2.45, 2.75) is 13.5 Å². The summed E-state index contributed by atoms with van der Waals surface area (Å²) in [6.45, 7) is 2.19. The van der Waals surface area contributed by atoms with Gasteiger partial charge in [-0.3, -0.25) is 9.69 Å². The first kappa shape index (κ1) is 20.4. The first-order chi connectivity index (χ1) is 14.0. The van der Waals surface area contributed by atoms with Gasteiger partial charge in [0.2, 0.25) is 0 Å². The predicted octanol–water partition coefficient (Wildman–Crippen LogP) is 3.28. The Kier molecular flexibility index (Phi) is 6.50. The first-order valence-electron chi connectivity index (χ1n) is 8.69. The Morgan fingerprint density at radius 3 is 2.62 bits per heavy atom.